The molecular weight excluding hydrogens is 166 g/mol. The minimum absolute atomic E-state index is 0.123. The Kier molecular flexibility index (Phi) is 1.69. The van der Waals surface area contributed by atoms with Gasteiger partial charge in [0, 0.05) is 7.05 Å². The summed E-state index contributed by atoms with van der Waals surface area (Å²) in [6.45, 7) is 0. The molecule has 0 aromatic carbocycles. The van der Waals surface area contributed by atoms with Gasteiger partial charge in [-0.15, -0.1) is 0 Å². The predicted molar refractivity (Wildman–Crippen MR) is 42.5 cm³/mol. The first-order valence-corrected chi connectivity index (χ1v) is 3.60. The molecule has 0 spiro atoms. The first-order chi connectivity index (χ1) is 5.04. The monoisotopic (exact) mass is 173 g/mol. The summed E-state index contributed by atoms with van der Waals surface area (Å²) in [6, 6.07) is 0. The number of nitrogens with two attached hydrogens (primary N) is 2. The molecule has 60 valence electrons. The van der Waals surface area contributed by atoms with E-state index in [4.69, 9.17) is 11.5 Å². The maximum atomic E-state index is 10.9. The van der Waals surface area contributed by atoms with Gasteiger partial charge in [-0.3, -0.25) is 14.2 Å². The van der Waals surface area contributed by atoms with Crippen LogP contribution in [0.25, 0.3) is 0 Å². The number of nitrogen functional groups attached to an aromatic ring is 1. The van der Waals surface area contributed by atoms with Crippen LogP contribution in [0.2, 0.25) is 0 Å². The SMILES string of the molecule is Cn1c(N)c(C(N)=O)sc1=O. The molecule has 0 saturated carbocycles. The van der Waals surface area contributed by atoms with Crippen molar-refractivity contribution in [3.05, 3.63) is 14.5 Å². The molecule has 1 aromatic rings. The van der Waals surface area contributed by atoms with Crippen molar-refractivity contribution in [3.8, 4) is 0 Å². The Labute approximate surface area is 66.2 Å². The summed E-state index contributed by atoms with van der Waals surface area (Å²) >= 11 is 0.757. The summed E-state index contributed by atoms with van der Waals surface area (Å²) in [5.74, 6) is -0.530. The summed E-state index contributed by atoms with van der Waals surface area (Å²) < 4.78 is 1.19. The molecule has 0 unspecified atom stereocenters. The Hall–Kier alpha value is -1.30. The highest BCUT2D eigenvalue weighted by molar-refractivity contribution is 7.12. The van der Waals surface area contributed by atoms with Crippen LogP contribution in [0.15, 0.2) is 4.79 Å². The smallest absolute Gasteiger partial charge is 0.309 e. The Balaban J connectivity index is 3.42. The van der Waals surface area contributed by atoms with E-state index >= 15 is 0 Å². The van der Waals surface area contributed by atoms with Crippen LogP contribution in [-0.2, 0) is 7.05 Å². The van der Waals surface area contributed by atoms with Crippen LogP contribution in [0.3, 0.4) is 0 Å². The molecular formula is C5H7N3O2S. The van der Waals surface area contributed by atoms with Crippen LogP contribution in [0.1, 0.15) is 9.67 Å². The Bertz CT molecular complexity index is 351. The molecule has 0 radical (unpaired) electrons. The molecule has 0 aliphatic carbocycles. The molecule has 0 aliphatic rings. The van der Waals surface area contributed by atoms with Crippen LogP contribution in [0, 0.1) is 0 Å². The number of anilines is 1. The van der Waals surface area contributed by atoms with Crippen molar-refractivity contribution in [1.82, 2.24) is 4.57 Å². The standard InChI is InChI=1S/C5H7N3O2S/c1-8-3(6)2(4(7)9)11-5(8)10/h6H2,1H3,(H2,7,9). The highest BCUT2D eigenvalue weighted by atomic mass is 32.1. The van der Waals surface area contributed by atoms with Gasteiger partial charge in [0.2, 0.25) is 0 Å². The number of rotatable bonds is 1. The lowest BCUT2D eigenvalue weighted by molar-refractivity contribution is 0.100. The fourth-order valence-electron chi connectivity index (χ4n) is 0.635. The van der Waals surface area contributed by atoms with Crippen LogP contribution < -0.4 is 16.3 Å². The maximum absolute atomic E-state index is 10.9. The van der Waals surface area contributed by atoms with Gasteiger partial charge < -0.3 is 11.5 Å². The van der Waals surface area contributed by atoms with E-state index < -0.39 is 5.91 Å². The van der Waals surface area contributed by atoms with E-state index in [-0.39, 0.29) is 15.6 Å². The maximum Gasteiger partial charge on any atom is 0.309 e. The summed E-state index contributed by atoms with van der Waals surface area (Å²) in [6.07, 6.45) is 0. The molecule has 4 N–H and O–H groups in total. The molecule has 11 heavy (non-hydrogen) atoms. The lowest BCUT2D eigenvalue weighted by atomic mass is 10.5. The third-order valence-electron chi connectivity index (χ3n) is 1.28. The average molecular weight is 173 g/mol. The van der Waals surface area contributed by atoms with Crippen molar-refractivity contribution in [2.75, 3.05) is 5.73 Å². The van der Waals surface area contributed by atoms with Gasteiger partial charge in [0.15, 0.2) is 0 Å². The van der Waals surface area contributed by atoms with E-state index in [1.54, 1.807) is 0 Å². The number of primary amides is 1. The van der Waals surface area contributed by atoms with Crippen LogP contribution in [0.5, 0.6) is 0 Å². The van der Waals surface area contributed by atoms with Gasteiger partial charge in [0.05, 0.1) is 0 Å². The van der Waals surface area contributed by atoms with Crippen LogP contribution in [0.4, 0.5) is 5.82 Å². The van der Waals surface area contributed by atoms with E-state index in [9.17, 15) is 9.59 Å². The first kappa shape index (κ1) is 7.80. The van der Waals surface area contributed by atoms with Gasteiger partial charge in [-0.2, -0.15) is 0 Å². The van der Waals surface area contributed by atoms with E-state index in [0.29, 0.717) is 0 Å². The number of hydrogen-bond acceptors (Lipinski definition) is 4. The summed E-state index contributed by atoms with van der Waals surface area (Å²) in [4.78, 5) is 21.3. The van der Waals surface area contributed by atoms with Gasteiger partial charge >= 0.3 is 4.87 Å². The fourth-order valence-corrected chi connectivity index (χ4v) is 1.39. The number of carbonyl (C=O) groups is 1. The van der Waals surface area contributed by atoms with Crippen molar-refractivity contribution in [2.45, 2.75) is 0 Å². The van der Waals surface area contributed by atoms with E-state index in [1.165, 1.54) is 11.6 Å². The number of amides is 1. The molecule has 1 amide bonds. The van der Waals surface area contributed by atoms with Gasteiger partial charge in [-0.1, -0.05) is 11.3 Å². The van der Waals surface area contributed by atoms with Crippen molar-refractivity contribution >= 4 is 23.1 Å². The summed E-state index contributed by atoms with van der Waals surface area (Å²) in [5.41, 5.74) is 10.3. The quantitative estimate of drug-likeness (QED) is 0.578. The Morgan fingerprint density at radius 2 is 2.18 bits per heavy atom. The normalized spacial score (nSPS) is 9.91. The highest BCUT2D eigenvalue weighted by Gasteiger charge is 2.12. The van der Waals surface area contributed by atoms with Crippen molar-refractivity contribution in [3.63, 3.8) is 0 Å². The zero-order valence-electron chi connectivity index (χ0n) is 5.83. The van der Waals surface area contributed by atoms with Crippen LogP contribution in [-0.4, -0.2) is 10.5 Å². The molecule has 5 nitrogen and oxygen atoms in total. The summed E-state index contributed by atoms with van der Waals surface area (Å²) in [5, 5.41) is 0. The molecule has 1 rings (SSSR count). The van der Waals surface area contributed by atoms with E-state index in [0.717, 1.165) is 11.3 Å². The third kappa shape index (κ3) is 1.12. The van der Waals surface area contributed by atoms with Gasteiger partial charge in [-0.05, 0) is 0 Å². The number of carbonyl (C=O) groups excluding carboxylic acids is 1. The Morgan fingerprint density at radius 3 is 2.36 bits per heavy atom. The average Bonchev–Trinajstić information content (AvgIpc) is 2.17. The van der Waals surface area contributed by atoms with Gasteiger partial charge in [0.25, 0.3) is 5.91 Å². The second-order valence-corrected chi connectivity index (χ2v) is 2.97. The second kappa shape index (κ2) is 2.39. The van der Waals surface area contributed by atoms with E-state index in [1.807, 2.05) is 0 Å². The molecule has 0 atom stereocenters. The van der Waals surface area contributed by atoms with E-state index in [2.05, 4.69) is 0 Å². The first-order valence-electron chi connectivity index (χ1n) is 2.79. The third-order valence-corrected chi connectivity index (χ3v) is 2.34. The number of hydrogen-bond donors (Lipinski definition) is 2. The molecule has 1 aromatic heterocycles. The highest BCUT2D eigenvalue weighted by Crippen LogP contribution is 2.11. The number of aromatic nitrogens is 1. The zero-order valence-corrected chi connectivity index (χ0v) is 6.64. The lowest BCUT2D eigenvalue weighted by Crippen LogP contribution is -2.13. The number of nitrogens with zero attached hydrogens (tertiary/aromatic N) is 1. The minimum atomic E-state index is -0.662. The molecule has 0 aliphatic heterocycles. The Morgan fingerprint density at radius 1 is 1.64 bits per heavy atom. The van der Waals surface area contributed by atoms with Crippen molar-refractivity contribution < 1.29 is 4.79 Å². The molecule has 1 heterocycles. The van der Waals surface area contributed by atoms with Gasteiger partial charge in [0.1, 0.15) is 10.7 Å². The van der Waals surface area contributed by atoms with Crippen molar-refractivity contribution in [1.29, 1.82) is 0 Å². The minimum Gasteiger partial charge on any atom is -0.384 e. The number of thiazole rings is 1. The van der Waals surface area contributed by atoms with Gasteiger partial charge in [-0.25, -0.2) is 0 Å². The zero-order chi connectivity index (χ0) is 8.59. The molecule has 0 fully saturated rings. The second-order valence-electron chi connectivity index (χ2n) is 2.01. The fraction of sp³-hybridized carbons (Fsp3) is 0.200. The molecule has 0 bridgehead atoms. The predicted octanol–water partition coefficient (Wildman–Crippen LogP) is -0.872. The molecule has 0 saturated heterocycles. The van der Waals surface area contributed by atoms with Crippen LogP contribution >= 0.6 is 11.3 Å². The van der Waals surface area contributed by atoms with Crippen molar-refractivity contribution in [2.24, 2.45) is 12.8 Å². The lowest BCUT2D eigenvalue weighted by Gasteiger charge is -1.93. The molecule has 6 heteroatoms. The largest absolute Gasteiger partial charge is 0.384 e. The summed E-state index contributed by atoms with van der Waals surface area (Å²) in [7, 11) is 1.49. The topological polar surface area (TPSA) is 91.1 Å².